The van der Waals surface area contributed by atoms with E-state index in [0.29, 0.717) is 5.56 Å². The number of benzene rings is 2. The minimum absolute atomic E-state index is 0.193. The lowest BCUT2D eigenvalue weighted by atomic mass is 10.0. The van der Waals surface area contributed by atoms with Crippen LogP contribution in [0.3, 0.4) is 0 Å². The van der Waals surface area contributed by atoms with Crippen molar-refractivity contribution < 1.29 is 4.79 Å². The van der Waals surface area contributed by atoms with Crippen LogP contribution in [0.25, 0.3) is 22.2 Å². The number of rotatable bonds is 2. The monoisotopic (exact) mass is 293 g/mol. The van der Waals surface area contributed by atoms with Crippen LogP contribution in [-0.2, 0) is 5.54 Å². The minimum Gasteiger partial charge on any atom is -0.366 e. The average Bonchev–Trinajstić information content (AvgIpc) is 2.87. The molecule has 1 heterocycles. The van der Waals surface area contributed by atoms with Crippen LogP contribution in [0.2, 0.25) is 0 Å². The molecule has 112 valence electrons. The Kier molecular flexibility index (Phi) is 3.24. The predicted octanol–water partition coefficient (Wildman–Crippen LogP) is 3.56. The molecular weight excluding hydrogens is 274 g/mol. The smallest absolute Gasteiger partial charge is 0.249 e. The molecule has 0 spiro atoms. The van der Waals surface area contributed by atoms with E-state index in [-0.39, 0.29) is 5.54 Å². The van der Waals surface area contributed by atoms with Gasteiger partial charge in [-0.25, -0.2) is 0 Å². The van der Waals surface area contributed by atoms with Gasteiger partial charge in [-0.1, -0.05) is 36.4 Å². The van der Waals surface area contributed by atoms with Crippen molar-refractivity contribution in [3.05, 3.63) is 54.1 Å². The van der Waals surface area contributed by atoms with Crippen LogP contribution >= 0.6 is 0 Å². The van der Waals surface area contributed by atoms with E-state index in [1.807, 2.05) is 47.1 Å². The summed E-state index contributed by atoms with van der Waals surface area (Å²) in [5, 5.41) is 5.60. The molecule has 2 aromatic carbocycles. The van der Waals surface area contributed by atoms with E-state index in [1.165, 1.54) is 0 Å². The molecule has 4 heteroatoms. The number of primary amides is 1. The Morgan fingerprint density at radius 2 is 1.73 bits per heavy atom. The van der Waals surface area contributed by atoms with E-state index >= 15 is 0 Å². The zero-order valence-corrected chi connectivity index (χ0v) is 13.0. The fourth-order valence-corrected chi connectivity index (χ4v) is 2.68. The first-order chi connectivity index (χ1) is 10.4. The second kappa shape index (κ2) is 4.98. The van der Waals surface area contributed by atoms with Gasteiger partial charge in [-0.3, -0.25) is 9.48 Å². The zero-order chi connectivity index (χ0) is 15.9. The molecule has 4 nitrogen and oxygen atoms in total. The Hall–Kier alpha value is -2.62. The van der Waals surface area contributed by atoms with E-state index < -0.39 is 5.91 Å². The number of carbonyl (C=O) groups is 1. The van der Waals surface area contributed by atoms with Gasteiger partial charge in [0.15, 0.2) is 0 Å². The van der Waals surface area contributed by atoms with Gasteiger partial charge >= 0.3 is 0 Å². The van der Waals surface area contributed by atoms with Gasteiger partial charge in [-0.15, -0.1) is 0 Å². The van der Waals surface area contributed by atoms with Crippen LogP contribution < -0.4 is 5.73 Å². The lowest BCUT2D eigenvalue weighted by Gasteiger charge is -2.20. The number of fused-ring (bicyclic) bond motifs is 1. The van der Waals surface area contributed by atoms with Crippen molar-refractivity contribution in [1.29, 1.82) is 0 Å². The Balaban J connectivity index is 2.44. The highest BCUT2D eigenvalue weighted by atomic mass is 16.1. The highest BCUT2D eigenvalue weighted by molar-refractivity contribution is 6.10. The molecule has 1 aromatic heterocycles. The number of aromatic nitrogens is 2. The number of nitrogens with zero attached hydrogens (tertiary/aromatic N) is 2. The van der Waals surface area contributed by atoms with Crippen molar-refractivity contribution in [3.63, 3.8) is 0 Å². The summed E-state index contributed by atoms with van der Waals surface area (Å²) < 4.78 is 1.96. The van der Waals surface area contributed by atoms with Crippen molar-refractivity contribution in [1.82, 2.24) is 9.78 Å². The van der Waals surface area contributed by atoms with Gasteiger partial charge in [0.25, 0.3) is 0 Å². The summed E-state index contributed by atoms with van der Waals surface area (Å²) in [7, 11) is 0. The summed E-state index contributed by atoms with van der Waals surface area (Å²) in [5.41, 5.74) is 8.57. The van der Waals surface area contributed by atoms with E-state index in [9.17, 15) is 4.79 Å². The first kappa shape index (κ1) is 14.3. The van der Waals surface area contributed by atoms with Gasteiger partial charge in [0, 0.05) is 10.9 Å². The SMILES string of the molecule is CC(C)(C)n1nc(-c2ccccc2)c2c(C(N)=O)cccc21. The molecule has 0 aliphatic rings. The second-order valence-corrected chi connectivity index (χ2v) is 6.36. The third kappa shape index (κ3) is 2.26. The van der Waals surface area contributed by atoms with Crippen LogP contribution in [-0.4, -0.2) is 15.7 Å². The molecule has 0 radical (unpaired) electrons. The molecule has 1 amide bonds. The van der Waals surface area contributed by atoms with E-state index in [2.05, 4.69) is 20.8 Å². The number of carbonyl (C=O) groups excluding carboxylic acids is 1. The lowest BCUT2D eigenvalue weighted by molar-refractivity contribution is 0.100. The largest absolute Gasteiger partial charge is 0.366 e. The number of nitrogens with two attached hydrogens (primary N) is 1. The molecule has 0 saturated carbocycles. The molecule has 3 rings (SSSR count). The highest BCUT2D eigenvalue weighted by Crippen LogP contribution is 2.33. The van der Waals surface area contributed by atoms with Crippen molar-refractivity contribution >= 4 is 16.8 Å². The van der Waals surface area contributed by atoms with Gasteiger partial charge in [0.05, 0.1) is 16.6 Å². The standard InChI is InChI=1S/C18H19N3O/c1-18(2,3)21-14-11-7-10-13(17(19)22)15(14)16(20-21)12-8-5-4-6-9-12/h4-11H,1-3H3,(H2,19,22). The van der Waals surface area contributed by atoms with Gasteiger partial charge in [0.1, 0.15) is 5.69 Å². The maximum Gasteiger partial charge on any atom is 0.249 e. The van der Waals surface area contributed by atoms with Crippen LogP contribution in [0, 0.1) is 0 Å². The highest BCUT2D eigenvalue weighted by Gasteiger charge is 2.23. The third-order valence-electron chi connectivity index (χ3n) is 3.66. The topological polar surface area (TPSA) is 60.9 Å². The van der Waals surface area contributed by atoms with E-state index in [4.69, 9.17) is 10.8 Å². The molecule has 0 aliphatic carbocycles. The summed E-state index contributed by atoms with van der Waals surface area (Å²) in [5.74, 6) is -0.434. The van der Waals surface area contributed by atoms with Crippen molar-refractivity contribution in [2.45, 2.75) is 26.3 Å². The van der Waals surface area contributed by atoms with Crippen LogP contribution in [0.15, 0.2) is 48.5 Å². The summed E-state index contributed by atoms with van der Waals surface area (Å²) in [6.45, 7) is 6.27. The maximum absolute atomic E-state index is 11.8. The zero-order valence-electron chi connectivity index (χ0n) is 13.0. The molecule has 0 saturated heterocycles. The summed E-state index contributed by atoms with van der Waals surface area (Å²) in [6.07, 6.45) is 0. The third-order valence-corrected chi connectivity index (χ3v) is 3.66. The van der Waals surface area contributed by atoms with Crippen LogP contribution in [0.1, 0.15) is 31.1 Å². The molecule has 0 aliphatic heterocycles. The molecule has 0 fully saturated rings. The maximum atomic E-state index is 11.8. The van der Waals surface area contributed by atoms with Gasteiger partial charge in [0.2, 0.25) is 5.91 Å². The van der Waals surface area contributed by atoms with E-state index in [1.54, 1.807) is 6.07 Å². The molecular formula is C18H19N3O. The molecule has 22 heavy (non-hydrogen) atoms. The van der Waals surface area contributed by atoms with Gasteiger partial charge in [-0.2, -0.15) is 5.10 Å². The number of hydrogen-bond acceptors (Lipinski definition) is 2. The lowest BCUT2D eigenvalue weighted by Crippen LogP contribution is -2.23. The summed E-state index contributed by atoms with van der Waals surface area (Å²) in [4.78, 5) is 11.8. The fourth-order valence-electron chi connectivity index (χ4n) is 2.68. The summed E-state index contributed by atoms with van der Waals surface area (Å²) in [6, 6.07) is 15.5. The van der Waals surface area contributed by atoms with Gasteiger partial charge < -0.3 is 5.73 Å². The Bertz CT molecular complexity index is 842. The van der Waals surface area contributed by atoms with Crippen molar-refractivity contribution in [2.24, 2.45) is 5.73 Å². The minimum atomic E-state index is -0.434. The normalized spacial score (nSPS) is 11.8. The first-order valence-electron chi connectivity index (χ1n) is 7.27. The molecule has 0 atom stereocenters. The number of amides is 1. The Morgan fingerprint density at radius 3 is 2.32 bits per heavy atom. The van der Waals surface area contributed by atoms with E-state index in [0.717, 1.165) is 22.2 Å². The average molecular weight is 293 g/mol. The van der Waals surface area contributed by atoms with Gasteiger partial charge in [-0.05, 0) is 32.9 Å². The first-order valence-corrected chi connectivity index (χ1v) is 7.27. The second-order valence-electron chi connectivity index (χ2n) is 6.36. The molecule has 0 bridgehead atoms. The molecule has 0 unspecified atom stereocenters. The molecule has 2 N–H and O–H groups in total. The Labute approximate surface area is 129 Å². The Morgan fingerprint density at radius 1 is 1.05 bits per heavy atom. The fraction of sp³-hybridized carbons (Fsp3) is 0.222. The predicted molar refractivity (Wildman–Crippen MR) is 88.7 cm³/mol. The van der Waals surface area contributed by atoms with Crippen LogP contribution in [0.4, 0.5) is 0 Å². The van der Waals surface area contributed by atoms with Crippen LogP contribution in [0.5, 0.6) is 0 Å². The van der Waals surface area contributed by atoms with Crippen molar-refractivity contribution in [3.8, 4) is 11.3 Å². The number of hydrogen-bond donors (Lipinski definition) is 1. The molecule has 3 aromatic rings. The van der Waals surface area contributed by atoms with Crippen molar-refractivity contribution in [2.75, 3.05) is 0 Å². The quantitative estimate of drug-likeness (QED) is 0.785. The summed E-state index contributed by atoms with van der Waals surface area (Å²) >= 11 is 0.